The van der Waals surface area contributed by atoms with Crippen LogP contribution in [0.5, 0.6) is 0 Å². The molecule has 2 heterocycles. The SMILES string of the molecule is CN(CCCC(F)(F)C(F)(F)F)C(=O)c1cnc2c3c(ccc2c1)C(=O)C(C(=O)O)C=N3. The first-order valence-electron chi connectivity index (χ1n) is 9.27. The Kier molecular flexibility index (Phi) is 5.98. The second-order valence-corrected chi connectivity index (χ2v) is 7.25. The van der Waals surface area contributed by atoms with Crippen LogP contribution in [0.25, 0.3) is 10.9 Å². The molecule has 0 radical (unpaired) electrons. The number of benzene rings is 1. The van der Waals surface area contributed by atoms with Gasteiger partial charge in [0.05, 0.1) is 16.8 Å². The number of amides is 1. The van der Waals surface area contributed by atoms with E-state index in [0.29, 0.717) is 5.39 Å². The first kappa shape index (κ1) is 23.2. The van der Waals surface area contributed by atoms with Gasteiger partial charge in [0.15, 0.2) is 11.7 Å². The predicted molar refractivity (Wildman–Crippen MR) is 103 cm³/mol. The Morgan fingerprint density at radius 1 is 1.19 bits per heavy atom. The smallest absolute Gasteiger partial charge is 0.453 e. The van der Waals surface area contributed by atoms with Gasteiger partial charge in [-0.2, -0.15) is 22.0 Å². The van der Waals surface area contributed by atoms with Crippen LogP contribution in [0.2, 0.25) is 0 Å². The molecule has 2 aromatic rings. The lowest BCUT2D eigenvalue weighted by Crippen LogP contribution is -2.37. The maximum atomic E-state index is 13.0. The number of carboxylic acids is 1. The van der Waals surface area contributed by atoms with Crippen molar-refractivity contribution < 1.29 is 41.4 Å². The fourth-order valence-electron chi connectivity index (χ4n) is 3.19. The molecule has 0 fully saturated rings. The van der Waals surface area contributed by atoms with E-state index in [1.54, 1.807) is 0 Å². The van der Waals surface area contributed by atoms with E-state index in [1.807, 2.05) is 0 Å². The third-order valence-corrected chi connectivity index (χ3v) is 4.99. The molecule has 7 nitrogen and oxygen atoms in total. The van der Waals surface area contributed by atoms with Crippen molar-refractivity contribution in [3.63, 3.8) is 0 Å². The van der Waals surface area contributed by atoms with Gasteiger partial charge >= 0.3 is 18.1 Å². The fourth-order valence-corrected chi connectivity index (χ4v) is 3.19. The molecule has 0 bridgehead atoms. The number of carboxylic acid groups (broad SMARTS) is 1. The van der Waals surface area contributed by atoms with Gasteiger partial charge in [0.25, 0.3) is 5.91 Å². The molecule has 1 aromatic heterocycles. The third-order valence-electron chi connectivity index (χ3n) is 4.99. The number of hydrogen-bond donors (Lipinski definition) is 1. The number of halogens is 5. The molecule has 0 saturated heterocycles. The van der Waals surface area contributed by atoms with Gasteiger partial charge in [0, 0.05) is 43.4 Å². The Bertz CT molecular complexity index is 1130. The molecule has 1 aliphatic heterocycles. The van der Waals surface area contributed by atoms with Crippen molar-refractivity contribution in [3.8, 4) is 0 Å². The Morgan fingerprint density at radius 3 is 2.50 bits per heavy atom. The first-order chi connectivity index (χ1) is 14.8. The van der Waals surface area contributed by atoms with Gasteiger partial charge < -0.3 is 10.0 Å². The summed E-state index contributed by atoms with van der Waals surface area (Å²) in [6, 6.07) is 4.24. The van der Waals surface area contributed by atoms with Crippen LogP contribution in [-0.2, 0) is 4.79 Å². The molecule has 1 unspecified atom stereocenters. The molecule has 170 valence electrons. The lowest BCUT2D eigenvalue weighted by Gasteiger charge is -2.22. The van der Waals surface area contributed by atoms with Gasteiger partial charge in [-0.15, -0.1) is 0 Å². The van der Waals surface area contributed by atoms with Crippen molar-refractivity contribution in [3.05, 3.63) is 35.5 Å². The highest BCUT2D eigenvalue weighted by molar-refractivity contribution is 6.24. The molecule has 0 aliphatic carbocycles. The van der Waals surface area contributed by atoms with Crippen LogP contribution in [0.15, 0.2) is 29.4 Å². The standard InChI is InChI=1S/C20H16F5N3O4/c1-28(6-2-5-19(21,22)20(23,24)25)17(30)11-7-10-3-4-12-15(14(10)26-8-11)27-9-13(16(12)29)18(31)32/h3-4,7-9,13H,2,5-6H2,1H3,(H,31,32). The minimum atomic E-state index is -5.65. The van der Waals surface area contributed by atoms with E-state index in [1.165, 1.54) is 25.2 Å². The lowest BCUT2D eigenvalue weighted by molar-refractivity contribution is -0.284. The summed E-state index contributed by atoms with van der Waals surface area (Å²) >= 11 is 0. The number of alkyl halides is 5. The second kappa shape index (κ2) is 8.24. The average Bonchev–Trinajstić information content (AvgIpc) is 2.71. The molecule has 12 heteroatoms. The maximum absolute atomic E-state index is 13.0. The zero-order chi connectivity index (χ0) is 23.8. The number of Topliss-reactive ketones (excluding diaryl/α,β-unsaturated/α-hetero) is 1. The highest BCUT2D eigenvalue weighted by atomic mass is 19.4. The molecule has 1 aliphatic rings. The van der Waals surface area contributed by atoms with E-state index in [9.17, 15) is 36.3 Å². The van der Waals surface area contributed by atoms with E-state index in [-0.39, 0.29) is 28.9 Å². The number of aromatic nitrogens is 1. The highest BCUT2D eigenvalue weighted by Crippen LogP contribution is 2.39. The summed E-state index contributed by atoms with van der Waals surface area (Å²) in [6.07, 6.45) is -5.50. The van der Waals surface area contributed by atoms with Crippen LogP contribution in [0.4, 0.5) is 27.6 Å². The van der Waals surface area contributed by atoms with Crippen LogP contribution in [0.1, 0.15) is 33.6 Å². The fraction of sp³-hybridized carbons (Fsp3) is 0.350. The Labute approximate surface area is 177 Å². The summed E-state index contributed by atoms with van der Waals surface area (Å²) in [6.45, 7) is -0.331. The van der Waals surface area contributed by atoms with E-state index in [2.05, 4.69) is 9.98 Å². The van der Waals surface area contributed by atoms with Crippen molar-refractivity contribution in [1.82, 2.24) is 9.88 Å². The van der Waals surface area contributed by atoms with Crippen molar-refractivity contribution in [1.29, 1.82) is 0 Å². The minimum absolute atomic E-state index is 0.0528. The van der Waals surface area contributed by atoms with E-state index >= 15 is 0 Å². The van der Waals surface area contributed by atoms with Crippen LogP contribution in [-0.4, -0.2) is 64.6 Å². The van der Waals surface area contributed by atoms with E-state index in [0.717, 1.165) is 17.3 Å². The van der Waals surface area contributed by atoms with E-state index < -0.39 is 48.5 Å². The number of carbonyl (C=O) groups is 3. The zero-order valence-corrected chi connectivity index (χ0v) is 16.5. The lowest BCUT2D eigenvalue weighted by atomic mass is 9.93. The summed E-state index contributed by atoms with van der Waals surface area (Å²) in [7, 11) is 1.26. The van der Waals surface area contributed by atoms with Gasteiger partial charge in [-0.05, 0) is 18.6 Å². The third kappa shape index (κ3) is 4.30. The van der Waals surface area contributed by atoms with Gasteiger partial charge in [-0.25, -0.2) is 0 Å². The number of aliphatic carboxylic acids is 1. The van der Waals surface area contributed by atoms with Gasteiger partial charge in [-0.3, -0.25) is 24.4 Å². The predicted octanol–water partition coefficient (Wildman–Crippen LogP) is 3.88. The largest absolute Gasteiger partial charge is 0.480 e. The average molecular weight is 457 g/mol. The summed E-state index contributed by atoms with van der Waals surface area (Å²) in [5, 5.41) is 9.48. The number of hydrogen-bond acceptors (Lipinski definition) is 5. The summed E-state index contributed by atoms with van der Waals surface area (Å²) in [5.41, 5.74) is 0.533. The quantitative estimate of drug-likeness (QED) is 0.524. The maximum Gasteiger partial charge on any atom is 0.453 e. The van der Waals surface area contributed by atoms with Crippen LogP contribution in [0.3, 0.4) is 0 Å². The Hall–Kier alpha value is -3.44. The highest BCUT2D eigenvalue weighted by Gasteiger charge is 2.56. The topological polar surface area (TPSA) is 99.9 Å². The number of aliphatic imine (C=N–C) groups is 1. The molecular weight excluding hydrogens is 441 g/mol. The van der Waals surface area contributed by atoms with Crippen molar-refractivity contribution in [2.45, 2.75) is 24.9 Å². The second-order valence-electron chi connectivity index (χ2n) is 7.25. The number of pyridine rings is 1. The molecule has 1 N–H and O–H groups in total. The first-order valence-corrected chi connectivity index (χ1v) is 9.27. The van der Waals surface area contributed by atoms with Gasteiger partial charge in [0.1, 0.15) is 0 Å². The van der Waals surface area contributed by atoms with Crippen molar-refractivity contribution >= 4 is 40.5 Å². The van der Waals surface area contributed by atoms with Crippen LogP contribution in [0, 0.1) is 5.92 Å². The molecule has 1 amide bonds. The molecule has 32 heavy (non-hydrogen) atoms. The number of rotatable bonds is 6. The molecule has 3 rings (SSSR count). The summed E-state index contributed by atoms with van der Waals surface area (Å²) in [5.74, 6) is -8.87. The monoisotopic (exact) mass is 457 g/mol. The zero-order valence-electron chi connectivity index (χ0n) is 16.5. The summed E-state index contributed by atoms with van der Waals surface area (Å²) in [4.78, 5) is 45.1. The molecule has 1 atom stereocenters. The molecular formula is C20H16F5N3O4. The number of ketones is 1. The number of nitrogens with zero attached hydrogens (tertiary/aromatic N) is 3. The van der Waals surface area contributed by atoms with Crippen LogP contribution < -0.4 is 0 Å². The Morgan fingerprint density at radius 2 is 1.88 bits per heavy atom. The van der Waals surface area contributed by atoms with Crippen LogP contribution >= 0.6 is 0 Å². The minimum Gasteiger partial charge on any atom is -0.480 e. The van der Waals surface area contributed by atoms with E-state index in [4.69, 9.17) is 5.11 Å². The van der Waals surface area contributed by atoms with Crippen molar-refractivity contribution in [2.24, 2.45) is 10.9 Å². The number of carbonyl (C=O) groups excluding carboxylic acids is 2. The Balaban J connectivity index is 1.77. The number of fused-ring (bicyclic) bond motifs is 3. The van der Waals surface area contributed by atoms with Crippen molar-refractivity contribution in [2.75, 3.05) is 13.6 Å². The molecule has 0 saturated carbocycles. The molecule has 1 aromatic carbocycles. The normalized spacial score (nSPS) is 16.2. The molecule has 0 spiro atoms. The van der Waals surface area contributed by atoms with Gasteiger partial charge in [-0.1, -0.05) is 6.07 Å². The van der Waals surface area contributed by atoms with Gasteiger partial charge in [0.2, 0.25) is 0 Å². The summed E-state index contributed by atoms with van der Waals surface area (Å²) < 4.78 is 62.7.